The summed E-state index contributed by atoms with van der Waals surface area (Å²) in [7, 11) is -3.06. The van der Waals surface area contributed by atoms with Gasteiger partial charge >= 0.3 is 0 Å². The van der Waals surface area contributed by atoms with E-state index in [1.165, 1.54) is 0 Å². The molecule has 0 spiro atoms. The molecule has 1 aliphatic rings. The number of benzene rings is 1. The van der Waals surface area contributed by atoms with Crippen LogP contribution < -0.4 is 5.32 Å². The molecule has 2 heterocycles. The average Bonchev–Trinajstić information content (AvgIpc) is 2.95. The van der Waals surface area contributed by atoms with E-state index in [0.29, 0.717) is 19.6 Å². The number of sulfone groups is 1. The Kier molecular flexibility index (Phi) is 5.98. The van der Waals surface area contributed by atoms with Crippen molar-refractivity contribution in [3.63, 3.8) is 0 Å². The summed E-state index contributed by atoms with van der Waals surface area (Å²) in [4.78, 5) is 11.4. The smallest absolute Gasteiger partial charge is 0.193 e. The molecular weight excluding hydrogens is 374 g/mol. The van der Waals surface area contributed by atoms with Crippen LogP contribution in [-0.4, -0.2) is 65.5 Å². The molecule has 0 saturated carbocycles. The number of aliphatic imine (C=N–C) groups is 1. The first kappa shape index (κ1) is 20.6. The van der Waals surface area contributed by atoms with Gasteiger partial charge in [0.15, 0.2) is 15.8 Å². The van der Waals surface area contributed by atoms with E-state index in [1.807, 2.05) is 32.0 Å². The van der Waals surface area contributed by atoms with Crippen LogP contribution in [0.3, 0.4) is 0 Å². The lowest BCUT2D eigenvalue weighted by molar-refractivity contribution is 0.353. The summed E-state index contributed by atoms with van der Waals surface area (Å²) < 4.78 is 26.0. The minimum Gasteiger partial charge on any atom is -0.357 e. The largest absolute Gasteiger partial charge is 0.357 e. The molecule has 2 aromatic rings. The topological polar surface area (TPSA) is 79.6 Å². The fourth-order valence-electron chi connectivity index (χ4n) is 3.64. The van der Waals surface area contributed by atoms with E-state index in [-0.39, 0.29) is 5.75 Å². The predicted octanol–water partition coefficient (Wildman–Crippen LogP) is 2.21. The molecule has 0 bridgehead atoms. The Balaban J connectivity index is 1.66. The monoisotopic (exact) mass is 405 g/mol. The summed E-state index contributed by atoms with van der Waals surface area (Å²) in [6, 6.07) is 8.17. The number of aromatic nitrogens is 2. The fourth-order valence-corrected chi connectivity index (χ4v) is 5.01. The number of hydrogen-bond acceptors (Lipinski definition) is 4. The van der Waals surface area contributed by atoms with Crippen LogP contribution in [0.25, 0.3) is 11.0 Å². The Morgan fingerprint density at radius 1 is 1.32 bits per heavy atom. The standard InChI is InChI=1S/C20H31N5O2S/c1-5-21-19(24-13-14-28(26,27)20(3,4)15-24)22-11-8-12-25-16(2)23-17-9-6-7-10-18(17)25/h6-7,9-10H,5,8,11-15H2,1-4H3,(H,21,22). The molecule has 7 nitrogen and oxygen atoms in total. The maximum Gasteiger partial charge on any atom is 0.193 e. The molecule has 0 amide bonds. The van der Waals surface area contributed by atoms with E-state index in [0.717, 1.165) is 42.3 Å². The number of nitrogens with zero attached hydrogens (tertiary/aromatic N) is 4. The summed E-state index contributed by atoms with van der Waals surface area (Å²) in [5, 5.41) is 3.31. The predicted molar refractivity (Wildman–Crippen MR) is 115 cm³/mol. The molecule has 1 aromatic carbocycles. The minimum atomic E-state index is -3.06. The minimum absolute atomic E-state index is 0.171. The summed E-state index contributed by atoms with van der Waals surface area (Å²) in [6.07, 6.45) is 0.894. The Morgan fingerprint density at radius 2 is 2.07 bits per heavy atom. The molecule has 154 valence electrons. The second kappa shape index (κ2) is 8.11. The lowest BCUT2D eigenvalue weighted by Crippen LogP contribution is -2.57. The van der Waals surface area contributed by atoms with E-state index in [9.17, 15) is 8.42 Å². The number of imidazole rings is 1. The first-order chi connectivity index (χ1) is 13.2. The van der Waals surface area contributed by atoms with Crippen LogP contribution in [-0.2, 0) is 16.4 Å². The summed E-state index contributed by atoms with van der Waals surface area (Å²) >= 11 is 0. The molecule has 1 aliphatic heterocycles. The Morgan fingerprint density at radius 3 is 2.79 bits per heavy atom. The lowest BCUT2D eigenvalue weighted by Gasteiger charge is -2.39. The number of fused-ring (bicyclic) bond motifs is 1. The molecule has 1 N–H and O–H groups in total. The van der Waals surface area contributed by atoms with Gasteiger partial charge in [-0.1, -0.05) is 12.1 Å². The second-order valence-electron chi connectivity index (χ2n) is 7.89. The van der Waals surface area contributed by atoms with E-state index in [4.69, 9.17) is 4.99 Å². The number of hydrogen-bond donors (Lipinski definition) is 1. The van der Waals surface area contributed by atoms with Crippen LogP contribution in [0.4, 0.5) is 0 Å². The van der Waals surface area contributed by atoms with Crippen LogP contribution in [0.15, 0.2) is 29.3 Å². The maximum absolute atomic E-state index is 12.3. The van der Waals surface area contributed by atoms with Crippen LogP contribution in [0.2, 0.25) is 0 Å². The summed E-state index contributed by atoms with van der Waals surface area (Å²) in [5.41, 5.74) is 2.17. The van der Waals surface area contributed by atoms with Gasteiger partial charge in [-0.2, -0.15) is 0 Å². The lowest BCUT2D eigenvalue weighted by atomic mass is 10.2. The molecule has 3 rings (SSSR count). The van der Waals surface area contributed by atoms with E-state index in [2.05, 4.69) is 25.8 Å². The van der Waals surface area contributed by atoms with Crippen LogP contribution in [0.1, 0.15) is 33.0 Å². The summed E-state index contributed by atoms with van der Waals surface area (Å²) in [6.45, 7) is 10.9. The molecule has 1 fully saturated rings. The highest BCUT2D eigenvalue weighted by molar-refractivity contribution is 7.92. The first-order valence-electron chi connectivity index (χ1n) is 9.92. The maximum atomic E-state index is 12.3. The zero-order valence-electron chi connectivity index (χ0n) is 17.3. The van der Waals surface area contributed by atoms with Crippen LogP contribution >= 0.6 is 0 Å². The van der Waals surface area contributed by atoms with Crippen molar-refractivity contribution in [1.82, 2.24) is 19.8 Å². The third kappa shape index (κ3) is 4.16. The highest BCUT2D eigenvalue weighted by Gasteiger charge is 2.40. The Labute approximate surface area is 167 Å². The van der Waals surface area contributed by atoms with Gasteiger partial charge < -0.3 is 14.8 Å². The van der Waals surface area contributed by atoms with Gasteiger partial charge in [0.05, 0.1) is 21.5 Å². The highest BCUT2D eigenvalue weighted by Crippen LogP contribution is 2.23. The van der Waals surface area contributed by atoms with E-state index >= 15 is 0 Å². The number of nitrogens with one attached hydrogen (secondary N) is 1. The van der Waals surface area contributed by atoms with E-state index in [1.54, 1.807) is 13.8 Å². The third-order valence-corrected chi connectivity index (χ3v) is 7.86. The molecule has 0 radical (unpaired) electrons. The van der Waals surface area contributed by atoms with Crippen molar-refractivity contribution in [2.75, 3.05) is 31.9 Å². The molecule has 1 aromatic heterocycles. The SMILES string of the molecule is CCNC(=NCCCn1c(C)nc2ccccc21)N1CCS(=O)(=O)C(C)(C)C1. The molecule has 0 unspecified atom stereocenters. The van der Waals surface area contributed by atoms with Crippen molar-refractivity contribution in [3.05, 3.63) is 30.1 Å². The van der Waals surface area contributed by atoms with Gasteiger partial charge in [-0.3, -0.25) is 4.99 Å². The van der Waals surface area contributed by atoms with Crippen molar-refractivity contribution in [2.45, 2.75) is 45.4 Å². The van der Waals surface area contributed by atoms with Crippen molar-refractivity contribution in [1.29, 1.82) is 0 Å². The number of rotatable bonds is 5. The second-order valence-corrected chi connectivity index (χ2v) is 10.6. The van der Waals surface area contributed by atoms with Crippen molar-refractivity contribution >= 4 is 26.8 Å². The molecule has 28 heavy (non-hydrogen) atoms. The quantitative estimate of drug-likeness (QED) is 0.469. The Hall–Kier alpha value is -2.09. The average molecular weight is 406 g/mol. The first-order valence-corrected chi connectivity index (χ1v) is 11.6. The fraction of sp³-hybridized carbons (Fsp3) is 0.600. The van der Waals surface area contributed by atoms with Gasteiger partial charge in [-0.05, 0) is 46.2 Å². The third-order valence-electron chi connectivity index (χ3n) is 5.32. The van der Waals surface area contributed by atoms with Gasteiger partial charge in [0.2, 0.25) is 0 Å². The van der Waals surface area contributed by atoms with Crippen LogP contribution in [0.5, 0.6) is 0 Å². The van der Waals surface area contributed by atoms with Crippen molar-refractivity contribution < 1.29 is 8.42 Å². The molecule has 1 saturated heterocycles. The molecular formula is C20H31N5O2S. The zero-order valence-corrected chi connectivity index (χ0v) is 18.1. The normalized spacial score (nSPS) is 19.1. The van der Waals surface area contributed by atoms with Crippen molar-refractivity contribution in [3.8, 4) is 0 Å². The zero-order chi connectivity index (χ0) is 20.4. The molecule has 0 atom stereocenters. The Bertz CT molecular complexity index is 962. The van der Waals surface area contributed by atoms with Crippen molar-refractivity contribution in [2.24, 2.45) is 4.99 Å². The summed E-state index contributed by atoms with van der Waals surface area (Å²) in [5.74, 6) is 1.99. The highest BCUT2D eigenvalue weighted by atomic mass is 32.2. The molecule has 0 aliphatic carbocycles. The van der Waals surface area contributed by atoms with Gasteiger partial charge in [0.25, 0.3) is 0 Å². The number of aryl methyl sites for hydroxylation is 2. The molecule has 8 heteroatoms. The van der Waals surface area contributed by atoms with Gasteiger partial charge in [-0.25, -0.2) is 13.4 Å². The number of guanidine groups is 1. The van der Waals surface area contributed by atoms with Gasteiger partial charge in [0.1, 0.15) is 5.82 Å². The van der Waals surface area contributed by atoms with Gasteiger partial charge in [-0.15, -0.1) is 0 Å². The van der Waals surface area contributed by atoms with Crippen LogP contribution in [0, 0.1) is 6.92 Å². The number of para-hydroxylation sites is 2. The van der Waals surface area contributed by atoms with Gasteiger partial charge in [0, 0.05) is 32.7 Å². The van der Waals surface area contributed by atoms with E-state index < -0.39 is 14.6 Å².